The Morgan fingerprint density at radius 3 is 2.44 bits per heavy atom. The quantitative estimate of drug-likeness (QED) is 0.732. The number of hydrogen-bond donors (Lipinski definition) is 1. The van der Waals surface area contributed by atoms with Crippen molar-refractivity contribution in [2.24, 2.45) is 5.10 Å². The van der Waals surface area contributed by atoms with Crippen LogP contribution in [0.15, 0.2) is 23.3 Å². The van der Waals surface area contributed by atoms with Gasteiger partial charge < -0.3 is 0 Å². The number of nitrogens with one attached hydrogen (secondary N) is 1. The summed E-state index contributed by atoms with van der Waals surface area (Å²) in [5.41, 5.74) is 1.58. The molecule has 1 aromatic carbocycles. The van der Waals surface area contributed by atoms with E-state index in [0.717, 1.165) is 56.2 Å². The highest BCUT2D eigenvalue weighted by molar-refractivity contribution is 7.92. The zero-order valence-electron chi connectivity index (χ0n) is 14.5. The average molecular weight is 426 g/mol. The molecule has 6 nitrogen and oxygen atoms in total. The van der Waals surface area contributed by atoms with Gasteiger partial charge in [0, 0.05) is 5.71 Å². The van der Waals surface area contributed by atoms with Gasteiger partial charge in [0.05, 0.1) is 22.5 Å². The van der Waals surface area contributed by atoms with Gasteiger partial charge in [-0.2, -0.15) is 18.3 Å². The van der Waals surface area contributed by atoms with Gasteiger partial charge in [-0.15, -0.1) is 0 Å². The summed E-state index contributed by atoms with van der Waals surface area (Å²) in [6, 6.07) is 2.28. The summed E-state index contributed by atoms with van der Waals surface area (Å²) < 4.78 is 63.5. The minimum atomic E-state index is -4.68. The maximum Gasteiger partial charge on any atom is 0.416 e. The van der Waals surface area contributed by atoms with Crippen LogP contribution in [0.2, 0.25) is 5.02 Å². The van der Waals surface area contributed by atoms with E-state index in [2.05, 4.69) is 10.5 Å². The molecule has 1 N–H and O–H groups in total. The standard InChI is InChI=1S/C16H19ClF3N3O3S/c1-27(25,26)23(10-15(24)22-21-12-5-3-2-4-6-12)14-9-11(16(18,19)20)7-8-13(14)17/h7-9H,2-6,10H2,1H3,(H,22,24). The van der Waals surface area contributed by atoms with Crippen LogP contribution < -0.4 is 9.73 Å². The van der Waals surface area contributed by atoms with Crippen molar-refractivity contribution in [2.45, 2.75) is 38.3 Å². The van der Waals surface area contributed by atoms with Gasteiger partial charge in [-0.1, -0.05) is 18.0 Å². The molecule has 1 aliphatic carbocycles. The molecule has 1 aliphatic rings. The SMILES string of the molecule is CS(=O)(=O)N(CC(=O)NN=C1CCCCC1)c1cc(C(F)(F)F)ccc1Cl. The summed E-state index contributed by atoms with van der Waals surface area (Å²) in [6.45, 7) is -0.739. The first-order valence-electron chi connectivity index (χ1n) is 8.17. The van der Waals surface area contributed by atoms with Gasteiger partial charge in [0.25, 0.3) is 5.91 Å². The molecule has 150 valence electrons. The molecule has 1 saturated carbocycles. The van der Waals surface area contributed by atoms with E-state index in [0.29, 0.717) is 10.4 Å². The Morgan fingerprint density at radius 2 is 1.89 bits per heavy atom. The van der Waals surface area contributed by atoms with Crippen LogP contribution in [0, 0.1) is 0 Å². The Labute approximate surface area is 160 Å². The lowest BCUT2D eigenvalue weighted by Crippen LogP contribution is -2.39. The van der Waals surface area contributed by atoms with E-state index in [1.165, 1.54) is 0 Å². The molecule has 0 heterocycles. The van der Waals surface area contributed by atoms with Crippen molar-refractivity contribution in [3.63, 3.8) is 0 Å². The van der Waals surface area contributed by atoms with Gasteiger partial charge in [0.1, 0.15) is 6.54 Å². The van der Waals surface area contributed by atoms with E-state index in [1.54, 1.807) is 0 Å². The number of amides is 1. The summed E-state index contributed by atoms with van der Waals surface area (Å²) in [6.07, 6.45) is 0.601. The van der Waals surface area contributed by atoms with Gasteiger partial charge in [0.2, 0.25) is 10.0 Å². The molecule has 1 aromatic rings. The van der Waals surface area contributed by atoms with E-state index < -0.39 is 39.9 Å². The molecule has 2 rings (SSSR count). The van der Waals surface area contributed by atoms with Crippen molar-refractivity contribution < 1.29 is 26.4 Å². The van der Waals surface area contributed by atoms with Crippen molar-refractivity contribution in [3.8, 4) is 0 Å². The highest BCUT2D eigenvalue weighted by Crippen LogP contribution is 2.36. The molecule has 27 heavy (non-hydrogen) atoms. The second-order valence-corrected chi connectivity index (χ2v) is 8.52. The van der Waals surface area contributed by atoms with Crippen LogP contribution in [0.5, 0.6) is 0 Å². The molecule has 0 bridgehead atoms. The number of anilines is 1. The van der Waals surface area contributed by atoms with Gasteiger partial charge in [-0.3, -0.25) is 9.10 Å². The topological polar surface area (TPSA) is 78.8 Å². The Hall–Kier alpha value is -1.81. The first-order valence-corrected chi connectivity index (χ1v) is 10.4. The normalized spacial score (nSPS) is 15.4. The molecular weight excluding hydrogens is 407 g/mol. The van der Waals surface area contributed by atoms with Crippen LogP contribution in [0.3, 0.4) is 0 Å². The van der Waals surface area contributed by atoms with Crippen LogP contribution in [0.4, 0.5) is 18.9 Å². The second-order valence-electron chi connectivity index (χ2n) is 6.21. The molecule has 0 unspecified atom stereocenters. The lowest BCUT2D eigenvalue weighted by atomic mass is 9.99. The largest absolute Gasteiger partial charge is 0.416 e. The van der Waals surface area contributed by atoms with Crippen LogP contribution in [0.25, 0.3) is 0 Å². The predicted molar refractivity (Wildman–Crippen MR) is 97.3 cm³/mol. The summed E-state index contributed by atoms with van der Waals surface area (Å²) in [4.78, 5) is 12.1. The Balaban J connectivity index is 2.25. The molecule has 0 atom stereocenters. The fraction of sp³-hybridized carbons (Fsp3) is 0.500. The van der Waals surface area contributed by atoms with Crippen molar-refractivity contribution in [3.05, 3.63) is 28.8 Å². The smallest absolute Gasteiger partial charge is 0.271 e. The molecule has 0 spiro atoms. The fourth-order valence-corrected chi connectivity index (χ4v) is 3.77. The summed E-state index contributed by atoms with van der Waals surface area (Å²) in [7, 11) is -4.07. The van der Waals surface area contributed by atoms with Gasteiger partial charge in [-0.05, 0) is 43.9 Å². The van der Waals surface area contributed by atoms with Crippen molar-refractivity contribution in [1.29, 1.82) is 0 Å². The Kier molecular flexibility index (Phi) is 6.74. The summed E-state index contributed by atoms with van der Waals surface area (Å²) in [5, 5.41) is 3.75. The number of carbonyl (C=O) groups excluding carboxylic acids is 1. The minimum absolute atomic E-state index is 0.222. The van der Waals surface area contributed by atoms with Gasteiger partial charge in [-0.25, -0.2) is 13.8 Å². The van der Waals surface area contributed by atoms with E-state index in [-0.39, 0.29) is 5.02 Å². The molecular formula is C16H19ClF3N3O3S. The van der Waals surface area contributed by atoms with E-state index in [1.807, 2.05) is 0 Å². The molecule has 1 fully saturated rings. The number of benzene rings is 1. The van der Waals surface area contributed by atoms with Crippen LogP contribution in [-0.2, 0) is 21.0 Å². The first kappa shape index (κ1) is 21.5. The number of halogens is 4. The number of rotatable bonds is 5. The second kappa shape index (κ2) is 8.47. The molecule has 0 radical (unpaired) electrons. The van der Waals surface area contributed by atoms with E-state index in [4.69, 9.17) is 11.6 Å². The average Bonchev–Trinajstić information content (AvgIpc) is 2.57. The van der Waals surface area contributed by atoms with Crippen molar-refractivity contribution in [1.82, 2.24) is 5.43 Å². The monoisotopic (exact) mass is 425 g/mol. The Bertz CT molecular complexity index is 833. The van der Waals surface area contributed by atoms with E-state index >= 15 is 0 Å². The third-order valence-electron chi connectivity index (χ3n) is 4.00. The third-order valence-corrected chi connectivity index (χ3v) is 5.45. The molecule has 11 heteroatoms. The van der Waals surface area contributed by atoms with Crippen molar-refractivity contribution in [2.75, 3.05) is 17.1 Å². The number of hydrogen-bond acceptors (Lipinski definition) is 4. The Morgan fingerprint density at radius 1 is 1.26 bits per heavy atom. The maximum atomic E-state index is 12.9. The molecule has 0 aliphatic heterocycles. The van der Waals surface area contributed by atoms with Crippen LogP contribution in [-0.4, -0.2) is 32.8 Å². The number of sulfonamides is 1. The van der Waals surface area contributed by atoms with Gasteiger partial charge >= 0.3 is 6.18 Å². The van der Waals surface area contributed by atoms with E-state index in [9.17, 15) is 26.4 Å². The molecule has 1 amide bonds. The summed E-state index contributed by atoms with van der Waals surface area (Å²) >= 11 is 5.90. The molecule has 0 saturated heterocycles. The first-order chi connectivity index (χ1) is 12.5. The number of hydrazone groups is 1. The number of alkyl halides is 3. The van der Waals surface area contributed by atoms with Gasteiger partial charge in [0.15, 0.2) is 0 Å². The zero-order chi connectivity index (χ0) is 20.2. The number of carbonyl (C=O) groups is 1. The van der Waals surface area contributed by atoms with Crippen LogP contribution in [0.1, 0.15) is 37.7 Å². The summed E-state index contributed by atoms with van der Waals surface area (Å²) in [5.74, 6) is -0.771. The predicted octanol–water partition coefficient (Wildman–Crippen LogP) is 3.56. The fourth-order valence-electron chi connectivity index (χ4n) is 2.64. The minimum Gasteiger partial charge on any atom is -0.271 e. The number of nitrogens with zero attached hydrogens (tertiary/aromatic N) is 2. The van der Waals surface area contributed by atoms with Crippen LogP contribution >= 0.6 is 11.6 Å². The lowest BCUT2D eigenvalue weighted by Gasteiger charge is -2.23. The highest BCUT2D eigenvalue weighted by atomic mass is 35.5. The van der Waals surface area contributed by atoms with Crippen molar-refractivity contribution >= 4 is 38.9 Å². The zero-order valence-corrected chi connectivity index (χ0v) is 16.1. The maximum absolute atomic E-state index is 12.9. The third kappa shape index (κ3) is 6.10. The molecule has 0 aromatic heterocycles. The highest BCUT2D eigenvalue weighted by Gasteiger charge is 2.33. The lowest BCUT2D eigenvalue weighted by molar-refractivity contribution is -0.137.